The van der Waals surface area contributed by atoms with Gasteiger partial charge in [0.05, 0.1) is 0 Å². The molecule has 0 N–H and O–H groups in total. The van der Waals surface area contributed by atoms with Gasteiger partial charge < -0.3 is 10.1 Å². The molecule has 0 atom stereocenters. The number of para-hydroxylation sites is 1. The molecule has 0 spiro atoms. The highest BCUT2D eigenvalue weighted by atomic mass is 16.5. The first-order chi connectivity index (χ1) is 7.88. The Hall–Kier alpha value is -1.80. The molecule has 2 aromatic carbocycles. The van der Waals surface area contributed by atoms with Gasteiger partial charge in [-0.05, 0) is 24.3 Å². The average Bonchev–Trinajstić information content (AvgIpc) is 2.31. The van der Waals surface area contributed by atoms with Gasteiger partial charge in [-0.3, -0.25) is 0 Å². The van der Waals surface area contributed by atoms with E-state index in [-0.39, 0.29) is 0 Å². The molecule has 2 rings (SSSR count). The minimum Gasteiger partial charge on any atom is -0.661 e. The quantitative estimate of drug-likeness (QED) is 0.751. The summed E-state index contributed by atoms with van der Waals surface area (Å²) in [5, 5.41) is 4.10. The minimum absolute atomic E-state index is 0.728. The van der Waals surface area contributed by atoms with Gasteiger partial charge in [-0.1, -0.05) is 35.9 Å². The maximum atomic E-state index is 5.72. The molecule has 2 heteroatoms. The van der Waals surface area contributed by atoms with Crippen LogP contribution in [0.5, 0.6) is 11.5 Å². The standard InChI is InChI=1S/C14H14NO/c1-15-11-12-6-5-9-14(10-12)16-13-7-3-2-4-8-13/h2-10H,11H2,1H3/q-1. The zero-order valence-electron chi connectivity index (χ0n) is 9.26. The van der Waals surface area contributed by atoms with Gasteiger partial charge in [-0.2, -0.15) is 7.05 Å². The monoisotopic (exact) mass is 212 g/mol. The summed E-state index contributed by atoms with van der Waals surface area (Å²) in [6.07, 6.45) is 0. The molecule has 0 saturated heterocycles. The summed E-state index contributed by atoms with van der Waals surface area (Å²) in [6.45, 7) is 0.728. The Bertz CT molecular complexity index is 439. The molecule has 0 aliphatic carbocycles. The second-order valence-electron chi connectivity index (χ2n) is 3.54. The highest BCUT2D eigenvalue weighted by Gasteiger charge is 1.96. The molecule has 0 saturated carbocycles. The van der Waals surface area contributed by atoms with Crippen molar-refractivity contribution in [1.29, 1.82) is 0 Å². The number of benzene rings is 2. The van der Waals surface area contributed by atoms with Crippen LogP contribution in [-0.4, -0.2) is 7.05 Å². The first-order valence-electron chi connectivity index (χ1n) is 5.26. The van der Waals surface area contributed by atoms with E-state index >= 15 is 0 Å². The summed E-state index contributed by atoms with van der Waals surface area (Å²) in [6, 6.07) is 17.8. The molecule has 2 nitrogen and oxygen atoms in total. The van der Waals surface area contributed by atoms with E-state index in [9.17, 15) is 0 Å². The number of hydrogen-bond donors (Lipinski definition) is 0. The first-order valence-corrected chi connectivity index (χ1v) is 5.26. The van der Waals surface area contributed by atoms with Crippen LogP contribution in [0.1, 0.15) is 5.56 Å². The largest absolute Gasteiger partial charge is 0.661 e. The Morgan fingerprint density at radius 2 is 1.69 bits per heavy atom. The molecule has 0 heterocycles. The Kier molecular flexibility index (Phi) is 3.57. The fraction of sp³-hybridized carbons (Fsp3) is 0.143. The van der Waals surface area contributed by atoms with Crippen LogP contribution in [0.4, 0.5) is 0 Å². The molecule has 0 amide bonds. The number of nitrogens with zero attached hydrogens (tertiary/aromatic N) is 1. The van der Waals surface area contributed by atoms with Crippen LogP contribution in [0, 0.1) is 0 Å². The minimum atomic E-state index is 0.728. The van der Waals surface area contributed by atoms with Crippen molar-refractivity contribution in [3.63, 3.8) is 0 Å². The summed E-state index contributed by atoms with van der Waals surface area (Å²) in [4.78, 5) is 0. The maximum absolute atomic E-state index is 5.72. The van der Waals surface area contributed by atoms with E-state index in [0.717, 1.165) is 23.6 Å². The summed E-state index contributed by atoms with van der Waals surface area (Å²) in [7, 11) is 1.81. The normalized spacial score (nSPS) is 10.1. The van der Waals surface area contributed by atoms with Crippen molar-refractivity contribution < 1.29 is 4.74 Å². The number of rotatable bonds is 4. The summed E-state index contributed by atoms with van der Waals surface area (Å²) < 4.78 is 5.72. The van der Waals surface area contributed by atoms with Crippen LogP contribution in [0.3, 0.4) is 0 Å². The van der Waals surface area contributed by atoms with Crippen LogP contribution in [0.25, 0.3) is 5.32 Å². The van der Waals surface area contributed by atoms with E-state index in [0.29, 0.717) is 0 Å². The molecule has 0 aliphatic rings. The molecule has 0 unspecified atom stereocenters. The van der Waals surface area contributed by atoms with E-state index in [1.807, 2.05) is 61.6 Å². The van der Waals surface area contributed by atoms with E-state index in [2.05, 4.69) is 5.32 Å². The molecular weight excluding hydrogens is 198 g/mol. The maximum Gasteiger partial charge on any atom is 0.127 e. The first kappa shape index (κ1) is 10.7. The van der Waals surface area contributed by atoms with Crippen molar-refractivity contribution in [2.45, 2.75) is 6.54 Å². The fourth-order valence-corrected chi connectivity index (χ4v) is 1.51. The Balaban J connectivity index is 2.12. The molecule has 2 aromatic rings. The molecule has 0 radical (unpaired) electrons. The topological polar surface area (TPSA) is 23.3 Å². The van der Waals surface area contributed by atoms with Crippen LogP contribution >= 0.6 is 0 Å². The van der Waals surface area contributed by atoms with E-state index in [1.54, 1.807) is 0 Å². The second-order valence-corrected chi connectivity index (χ2v) is 3.54. The zero-order chi connectivity index (χ0) is 11.2. The third-order valence-corrected chi connectivity index (χ3v) is 2.22. The van der Waals surface area contributed by atoms with Crippen LogP contribution in [0.15, 0.2) is 54.6 Å². The van der Waals surface area contributed by atoms with E-state index in [1.165, 1.54) is 0 Å². The SMILES string of the molecule is C[N-]Cc1cccc(Oc2ccccc2)c1. The van der Waals surface area contributed by atoms with Crippen molar-refractivity contribution in [1.82, 2.24) is 0 Å². The Morgan fingerprint density at radius 1 is 0.938 bits per heavy atom. The van der Waals surface area contributed by atoms with Gasteiger partial charge in [0.2, 0.25) is 0 Å². The third kappa shape index (κ3) is 2.84. The predicted octanol–water partition coefficient (Wildman–Crippen LogP) is 3.98. The lowest BCUT2D eigenvalue weighted by Crippen LogP contribution is -1.86. The molecule has 0 aromatic heterocycles. The second kappa shape index (κ2) is 5.33. The molecule has 0 bridgehead atoms. The van der Waals surface area contributed by atoms with Gasteiger partial charge in [0.25, 0.3) is 0 Å². The lowest BCUT2D eigenvalue weighted by atomic mass is 10.2. The number of hydrogen-bond acceptors (Lipinski definition) is 1. The van der Waals surface area contributed by atoms with Gasteiger partial charge in [0.1, 0.15) is 11.5 Å². The van der Waals surface area contributed by atoms with Crippen molar-refractivity contribution >= 4 is 0 Å². The lowest BCUT2D eigenvalue weighted by molar-refractivity contribution is 0.482. The molecule has 16 heavy (non-hydrogen) atoms. The van der Waals surface area contributed by atoms with Gasteiger partial charge in [0.15, 0.2) is 0 Å². The lowest BCUT2D eigenvalue weighted by Gasteiger charge is -2.12. The van der Waals surface area contributed by atoms with Crippen molar-refractivity contribution in [3.05, 3.63) is 65.5 Å². The zero-order valence-corrected chi connectivity index (χ0v) is 9.26. The highest BCUT2D eigenvalue weighted by Crippen LogP contribution is 2.22. The van der Waals surface area contributed by atoms with Crippen LogP contribution in [0.2, 0.25) is 0 Å². The predicted molar refractivity (Wildman–Crippen MR) is 65.9 cm³/mol. The third-order valence-electron chi connectivity index (χ3n) is 2.22. The van der Waals surface area contributed by atoms with Gasteiger partial charge in [-0.25, -0.2) is 0 Å². The summed E-state index contributed by atoms with van der Waals surface area (Å²) >= 11 is 0. The van der Waals surface area contributed by atoms with Crippen molar-refractivity contribution in [2.24, 2.45) is 0 Å². The van der Waals surface area contributed by atoms with Gasteiger partial charge in [0, 0.05) is 0 Å². The fourth-order valence-electron chi connectivity index (χ4n) is 1.51. The molecule has 82 valence electrons. The molecular formula is C14H14NO-. The van der Waals surface area contributed by atoms with Crippen molar-refractivity contribution in [3.8, 4) is 11.5 Å². The van der Waals surface area contributed by atoms with Crippen LogP contribution < -0.4 is 4.74 Å². The summed E-state index contributed by atoms with van der Waals surface area (Å²) in [5.41, 5.74) is 1.16. The molecule has 0 aliphatic heterocycles. The van der Waals surface area contributed by atoms with Gasteiger partial charge >= 0.3 is 0 Å². The van der Waals surface area contributed by atoms with Gasteiger partial charge in [-0.15, -0.1) is 6.54 Å². The van der Waals surface area contributed by atoms with Crippen LogP contribution in [-0.2, 0) is 6.54 Å². The summed E-state index contributed by atoms with van der Waals surface area (Å²) in [5.74, 6) is 1.71. The smallest absolute Gasteiger partial charge is 0.127 e. The Labute approximate surface area is 95.9 Å². The van der Waals surface area contributed by atoms with Crippen molar-refractivity contribution in [2.75, 3.05) is 7.05 Å². The van der Waals surface area contributed by atoms with E-state index in [4.69, 9.17) is 4.74 Å². The highest BCUT2D eigenvalue weighted by molar-refractivity contribution is 5.34. The average molecular weight is 212 g/mol. The molecule has 0 fully saturated rings. The Morgan fingerprint density at radius 3 is 2.44 bits per heavy atom. The van der Waals surface area contributed by atoms with E-state index < -0.39 is 0 Å². The number of ether oxygens (including phenoxy) is 1.